The molecule has 3 aliphatic carbocycles. The second-order valence-corrected chi connectivity index (χ2v) is 17.7. The molecule has 8 heteroatoms. The third-order valence-electron chi connectivity index (χ3n) is 11.6. The smallest absolute Gasteiger partial charge is 0.335 e. The summed E-state index contributed by atoms with van der Waals surface area (Å²) in [5.74, 6) is -0.427. The Balaban J connectivity index is 0.000000185. The van der Waals surface area contributed by atoms with Crippen molar-refractivity contribution in [1.82, 2.24) is 4.57 Å². The second-order valence-electron chi connectivity index (χ2n) is 17.7. The van der Waals surface area contributed by atoms with Crippen molar-refractivity contribution >= 4 is 29.2 Å². The van der Waals surface area contributed by atoms with Crippen LogP contribution in [0.25, 0.3) is 16.9 Å². The third-order valence-corrected chi connectivity index (χ3v) is 11.6. The van der Waals surface area contributed by atoms with Crippen LogP contribution in [0.2, 0.25) is 0 Å². The number of nitrogen functional groups attached to an aromatic ring is 1. The highest BCUT2D eigenvalue weighted by atomic mass is 16.4. The van der Waals surface area contributed by atoms with Crippen LogP contribution in [-0.2, 0) is 22.4 Å². The van der Waals surface area contributed by atoms with Crippen LogP contribution in [0.3, 0.4) is 0 Å². The van der Waals surface area contributed by atoms with Crippen LogP contribution < -0.4 is 5.73 Å². The first-order chi connectivity index (χ1) is 27.4. The molecule has 8 nitrogen and oxygen atoms in total. The van der Waals surface area contributed by atoms with Gasteiger partial charge in [0.15, 0.2) is 0 Å². The molecule has 3 atom stereocenters. The molecule has 302 valence electrons. The van der Waals surface area contributed by atoms with E-state index in [1.807, 2.05) is 24.3 Å². The lowest BCUT2D eigenvalue weighted by atomic mass is 9.67. The Morgan fingerprint density at radius 2 is 1.43 bits per heavy atom. The zero-order chi connectivity index (χ0) is 42.2. The number of allylic oxidation sites excluding steroid dienone is 6. The van der Waals surface area contributed by atoms with Gasteiger partial charge in [0.1, 0.15) is 23.5 Å². The zero-order valence-electron chi connectivity index (χ0n) is 34.6. The molecule has 0 spiro atoms. The van der Waals surface area contributed by atoms with Crippen LogP contribution in [0.4, 0.5) is 5.69 Å². The molecule has 7 rings (SSSR count). The van der Waals surface area contributed by atoms with Crippen molar-refractivity contribution in [3.63, 3.8) is 0 Å². The maximum atomic E-state index is 12.2. The Hall–Kier alpha value is -5.85. The van der Waals surface area contributed by atoms with Crippen molar-refractivity contribution in [3.05, 3.63) is 143 Å². The highest BCUT2D eigenvalue weighted by Crippen LogP contribution is 2.42. The van der Waals surface area contributed by atoms with Gasteiger partial charge >= 0.3 is 11.9 Å². The maximum Gasteiger partial charge on any atom is 0.335 e. The van der Waals surface area contributed by atoms with Gasteiger partial charge in [0, 0.05) is 48.0 Å². The number of aromatic carboxylic acids is 2. The molecule has 1 saturated carbocycles. The lowest BCUT2D eigenvalue weighted by Crippen LogP contribution is -2.33. The van der Waals surface area contributed by atoms with E-state index in [1.165, 1.54) is 23.4 Å². The van der Waals surface area contributed by atoms with Crippen molar-refractivity contribution in [2.45, 2.75) is 86.5 Å². The summed E-state index contributed by atoms with van der Waals surface area (Å²) in [5, 5.41) is 17.9. The number of Topliss-reactive ketones (excluding diaryl/α,β-unsaturated/α-hetero) is 2. The van der Waals surface area contributed by atoms with Crippen LogP contribution >= 0.6 is 0 Å². The fourth-order valence-electron chi connectivity index (χ4n) is 8.04. The fraction of sp³-hybridized carbons (Fsp3) is 0.360. The molecule has 0 amide bonds. The summed E-state index contributed by atoms with van der Waals surface area (Å²) in [6, 6.07) is 26.1. The Labute approximate surface area is 343 Å². The Kier molecular flexibility index (Phi) is 13.9. The minimum absolute atomic E-state index is 0.0646. The van der Waals surface area contributed by atoms with Crippen molar-refractivity contribution in [2.24, 2.45) is 28.6 Å². The van der Waals surface area contributed by atoms with E-state index in [1.54, 1.807) is 42.5 Å². The number of hydrogen-bond acceptors (Lipinski definition) is 5. The molecule has 3 aromatic carbocycles. The van der Waals surface area contributed by atoms with Gasteiger partial charge in [0.05, 0.1) is 22.9 Å². The molecular formula is C50H57N2O6+. The number of nitrogens with two attached hydrogens (primary N) is 1. The standard InChI is InChI=1S/C25H27NO2.C18H23O2.C7H7NO2/c1-25(2,3)20-12-13-22-19(14-20)16-23(17-8-5-4-6-9-17)26(22)21-11-7-10-18(15-21)24(27)28;1-18(2,3)15-9-10-16(19)14(11-15)12-17(20)13-7-5-4-6-8-13;8-6-3-1-2-5(4-6)7(9)10/h4-11,15-16,20H,12-14H2,1-3H3,(H,27,28);4-5,7-8,14-15H,9-12H2,1-3H3;1-4H,8H2,(H,9,10)/q;+1;. The molecular weight excluding hydrogens is 725 g/mol. The summed E-state index contributed by atoms with van der Waals surface area (Å²) >= 11 is 0. The normalized spacial score (nSPS) is 18.6. The topological polar surface area (TPSA) is 140 Å². The number of nitrogens with zero attached hydrogens (tertiary/aromatic N) is 1. The lowest BCUT2D eigenvalue weighted by Gasteiger charge is -2.36. The van der Waals surface area contributed by atoms with Gasteiger partial charge in [-0.1, -0.05) is 84.0 Å². The summed E-state index contributed by atoms with van der Waals surface area (Å²) in [5.41, 5.74) is 13.5. The van der Waals surface area contributed by atoms with Crippen molar-refractivity contribution < 1.29 is 29.4 Å². The molecule has 1 aromatic heterocycles. The van der Waals surface area contributed by atoms with E-state index in [9.17, 15) is 24.3 Å². The third kappa shape index (κ3) is 11.2. The molecule has 1 heterocycles. The molecule has 4 aromatic rings. The van der Waals surface area contributed by atoms with Gasteiger partial charge in [-0.2, -0.15) is 0 Å². The summed E-state index contributed by atoms with van der Waals surface area (Å²) in [6.45, 7) is 13.6. The largest absolute Gasteiger partial charge is 0.478 e. The predicted octanol–water partition coefficient (Wildman–Crippen LogP) is 10.8. The zero-order valence-corrected chi connectivity index (χ0v) is 34.6. The Morgan fingerprint density at radius 1 is 0.793 bits per heavy atom. The van der Waals surface area contributed by atoms with Crippen LogP contribution in [-0.4, -0.2) is 38.3 Å². The number of carbonyl (C=O) groups excluding carboxylic acids is 2. The highest BCUT2D eigenvalue weighted by Gasteiger charge is 2.37. The van der Waals surface area contributed by atoms with Crippen molar-refractivity contribution in [2.75, 3.05) is 5.73 Å². The van der Waals surface area contributed by atoms with Gasteiger partial charge in [0.2, 0.25) is 5.78 Å². The Morgan fingerprint density at radius 3 is 2.02 bits per heavy atom. The SMILES string of the molecule is CC(C)(C)C1CCC(=O)C(CC(=O)C2=CC=C[C+]=C2)C1.CC(C)(C)C1CCc2c(cc(-c3ccccc3)n2-c2cccc(C(=O)O)c2)C1.Nc1cccc(C(=O)O)c1. The van der Waals surface area contributed by atoms with Gasteiger partial charge < -0.3 is 20.5 Å². The maximum absolute atomic E-state index is 12.2. The number of ketones is 2. The van der Waals surface area contributed by atoms with Crippen LogP contribution in [0.5, 0.6) is 0 Å². The number of carbonyl (C=O) groups is 4. The monoisotopic (exact) mass is 781 g/mol. The lowest BCUT2D eigenvalue weighted by molar-refractivity contribution is -0.130. The van der Waals surface area contributed by atoms with Gasteiger partial charge in [-0.3, -0.25) is 9.59 Å². The molecule has 3 unspecified atom stereocenters. The van der Waals surface area contributed by atoms with Crippen molar-refractivity contribution in [3.8, 4) is 16.9 Å². The van der Waals surface area contributed by atoms with Crippen LogP contribution in [0.1, 0.15) is 106 Å². The first-order valence-electron chi connectivity index (χ1n) is 20.2. The number of benzene rings is 3. The highest BCUT2D eigenvalue weighted by molar-refractivity contribution is 6.01. The van der Waals surface area contributed by atoms with E-state index in [0.29, 0.717) is 41.5 Å². The number of anilines is 1. The number of hydrogen-bond donors (Lipinski definition) is 3. The summed E-state index contributed by atoms with van der Waals surface area (Å²) in [4.78, 5) is 46.1. The van der Waals surface area contributed by atoms with E-state index < -0.39 is 11.9 Å². The van der Waals surface area contributed by atoms with Gasteiger partial charge in [-0.25, -0.2) is 9.59 Å². The molecule has 3 aliphatic rings. The number of rotatable bonds is 7. The molecule has 1 fully saturated rings. The molecule has 4 N–H and O–H groups in total. The summed E-state index contributed by atoms with van der Waals surface area (Å²) in [6.07, 6.45) is 16.1. The number of carboxylic acid groups (broad SMARTS) is 2. The van der Waals surface area contributed by atoms with E-state index in [2.05, 4.69) is 82.5 Å². The molecule has 0 bridgehead atoms. The predicted molar refractivity (Wildman–Crippen MR) is 231 cm³/mol. The van der Waals surface area contributed by atoms with Gasteiger partial charge in [0.25, 0.3) is 0 Å². The molecule has 0 saturated heterocycles. The van der Waals surface area contributed by atoms with Gasteiger partial charge in [-0.05, 0) is 108 Å². The van der Waals surface area contributed by atoms with E-state index in [4.69, 9.17) is 10.8 Å². The van der Waals surface area contributed by atoms with Gasteiger partial charge in [-0.15, -0.1) is 0 Å². The van der Waals surface area contributed by atoms with E-state index in [-0.39, 0.29) is 33.9 Å². The average Bonchev–Trinajstić information content (AvgIpc) is 3.58. The average molecular weight is 782 g/mol. The van der Waals surface area contributed by atoms with E-state index in [0.717, 1.165) is 49.0 Å². The number of aromatic nitrogens is 1. The molecule has 0 radical (unpaired) electrons. The first kappa shape index (κ1) is 43.3. The molecule has 0 aliphatic heterocycles. The van der Waals surface area contributed by atoms with Crippen molar-refractivity contribution in [1.29, 1.82) is 0 Å². The summed E-state index contributed by atoms with van der Waals surface area (Å²) < 4.78 is 2.27. The van der Waals surface area contributed by atoms with Crippen LogP contribution in [0, 0.1) is 34.7 Å². The number of carboxylic acids is 2. The first-order valence-corrected chi connectivity index (χ1v) is 20.2. The number of fused-ring (bicyclic) bond motifs is 1. The minimum atomic E-state index is -0.952. The Bertz CT molecular complexity index is 2210. The fourth-order valence-corrected chi connectivity index (χ4v) is 8.04. The minimum Gasteiger partial charge on any atom is -0.478 e. The van der Waals surface area contributed by atoms with E-state index >= 15 is 0 Å². The quantitative estimate of drug-likeness (QED) is 0.125. The van der Waals surface area contributed by atoms with Crippen LogP contribution in [0.15, 0.2) is 115 Å². The summed E-state index contributed by atoms with van der Waals surface area (Å²) in [7, 11) is 0. The second kappa shape index (κ2) is 18.6. The molecule has 58 heavy (non-hydrogen) atoms.